The van der Waals surface area contributed by atoms with Gasteiger partial charge in [0.25, 0.3) is 6.43 Å². The van der Waals surface area contributed by atoms with Crippen LogP contribution >= 0.6 is 15.9 Å². The molecule has 0 amide bonds. The molecule has 0 saturated carbocycles. The molecule has 1 aromatic carbocycles. The van der Waals surface area contributed by atoms with Gasteiger partial charge in [-0.15, -0.1) is 0 Å². The predicted octanol–water partition coefficient (Wildman–Crippen LogP) is 3.58. The fraction of sp³-hybridized carbons (Fsp3) is 0.222. The molecule has 1 rings (SSSR count). The lowest BCUT2D eigenvalue weighted by atomic mass is 10.2. The monoisotopic (exact) mass is 334 g/mol. The number of alkyl halides is 4. The van der Waals surface area contributed by atoms with Gasteiger partial charge in [-0.3, -0.25) is 0 Å². The summed E-state index contributed by atoms with van der Waals surface area (Å²) in [5.74, 6) is -5.36. The number of carbonyl (C=O) groups is 1. The van der Waals surface area contributed by atoms with Gasteiger partial charge in [-0.05, 0) is 28.1 Å². The molecule has 3 nitrogen and oxygen atoms in total. The number of carboxylic acid groups (broad SMARTS) is 1. The van der Waals surface area contributed by atoms with Crippen LogP contribution in [0.2, 0.25) is 0 Å². The van der Waals surface area contributed by atoms with E-state index in [0.717, 1.165) is 0 Å². The molecule has 0 aromatic heterocycles. The second kappa shape index (κ2) is 5.09. The van der Waals surface area contributed by atoms with Crippen molar-refractivity contribution >= 4 is 21.9 Å². The number of benzene rings is 1. The average molecular weight is 335 g/mol. The third-order valence-corrected chi connectivity index (χ3v) is 2.61. The zero-order chi connectivity index (χ0) is 14.1. The average Bonchev–Trinajstić information content (AvgIpc) is 2.23. The molecule has 18 heavy (non-hydrogen) atoms. The molecule has 0 aliphatic heterocycles. The standard InChI is InChI=1S/C9H4BrF5O3/c10-5-3(7(12)13)1-2-4(11)6(5)18-9(14,15)8(16)17/h1-2,7H,(H,16,17). The van der Waals surface area contributed by atoms with E-state index in [0.29, 0.717) is 12.1 Å². The summed E-state index contributed by atoms with van der Waals surface area (Å²) < 4.78 is 66.3. The highest BCUT2D eigenvalue weighted by Gasteiger charge is 2.44. The van der Waals surface area contributed by atoms with Gasteiger partial charge in [0, 0.05) is 5.56 Å². The van der Waals surface area contributed by atoms with Crippen molar-refractivity contribution in [2.75, 3.05) is 0 Å². The molecule has 1 aromatic rings. The van der Waals surface area contributed by atoms with Crippen molar-refractivity contribution in [1.82, 2.24) is 0 Å². The van der Waals surface area contributed by atoms with Crippen LogP contribution in [0, 0.1) is 5.82 Å². The molecule has 0 fully saturated rings. The van der Waals surface area contributed by atoms with Gasteiger partial charge in [0.1, 0.15) is 0 Å². The Balaban J connectivity index is 3.24. The molecule has 1 N–H and O–H groups in total. The zero-order valence-electron chi connectivity index (χ0n) is 8.26. The summed E-state index contributed by atoms with van der Waals surface area (Å²) in [6.07, 6.45) is -7.80. The zero-order valence-corrected chi connectivity index (χ0v) is 9.85. The van der Waals surface area contributed by atoms with E-state index in [1.165, 1.54) is 0 Å². The second-order valence-electron chi connectivity index (χ2n) is 3.00. The van der Waals surface area contributed by atoms with Crippen LogP contribution in [0.5, 0.6) is 5.75 Å². The van der Waals surface area contributed by atoms with Crippen LogP contribution in [0.25, 0.3) is 0 Å². The number of aliphatic carboxylic acids is 1. The van der Waals surface area contributed by atoms with E-state index in [1.807, 2.05) is 0 Å². The van der Waals surface area contributed by atoms with Crippen molar-refractivity contribution in [3.63, 3.8) is 0 Å². The maximum absolute atomic E-state index is 13.2. The van der Waals surface area contributed by atoms with Gasteiger partial charge < -0.3 is 9.84 Å². The molecule has 0 aliphatic carbocycles. The van der Waals surface area contributed by atoms with Crippen molar-refractivity contribution in [3.05, 3.63) is 28.0 Å². The van der Waals surface area contributed by atoms with Crippen LogP contribution in [-0.4, -0.2) is 17.2 Å². The van der Waals surface area contributed by atoms with E-state index in [-0.39, 0.29) is 0 Å². The third kappa shape index (κ3) is 2.89. The Morgan fingerprint density at radius 3 is 2.39 bits per heavy atom. The molecule has 0 radical (unpaired) electrons. The molecular weight excluding hydrogens is 331 g/mol. The van der Waals surface area contributed by atoms with Gasteiger partial charge >= 0.3 is 12.1 Å². The van der Waals surface area contributed by atoms with E-state index in [4.69, 9.17) is 5.11 Å². The Labute approximate surface area is 105 Å². The summed E-state index contributed by atoms with van der Waals surface area (Å²) in [5, 5.41) is 8.10. The highest BCUT2D eigenvalue weighted by atomic mass is 79.9. The van der Waals surface area contributed by atoms with E-state index < -0.39 is 40.1 Å². The quantitative estimate of drug-likeness (QED) is 0.856. The molecule has 0 saturated heterocycles. The summed E-state index contributed by atoms with van der Waals surface area (Å²) in [6, 6.07) is 1.13. The molecule has 0 unspecified atom stereocenters. The maximum atomic E-state index is 13.2. The molecule has 0 spiro atoms. The number of hydrogen-bond donors (Lipinski definition) is 1. The largest absolute Gasteiger partial charge is 0.502 e. The Kier molecular flexibility index (Phi) is 4.15. The molecule has 0 bridgehead atoms. The minimum atomic E-state index is -4.73. The molecule has 9 heteroatoms. The minimum absolute atomic E-state index is 0.472. The lowest BCUT2D eigenvalue weighted by molar-refractivity contribution is -0.211. The van der Waals surface area contributed by atoms with Crippen LogP contribution in [0.15, 0.2) is 16.6 Å². The van der Waals surface area contributed by atoms with Gasteiger partial charge in [0.2, 0.25) is 0 Å². The first-order valence-corrected chi connectivity index (χ1v) is 5.02. The van der Waals surface area contributed by atoms with Crippen LogP contribution in [-0.2, 0) is 4.79 Å². The minimum Gasteiger partial charge on any atom is -0.474 e. The fourth-order valence-electron chi connectivity index (χ4n) is 0.982. The number of rotatable bonds is 4. The first-order valence-electron chi connectivity index (χ1n) is 4.23. The van der Waals surface area contributed by atoms with E-state index in [2.05, 4.69) is 20.7 Å². The summed E-state index contributed by atoms with van der Waals surface area (Å²) in [7, 11) is 0. The fourth-order valence-corrected chi connectivity index (χ4v) is 1.56. The molecule has 0 heterocycles. The second-order valence-corrected chi connectivity index (χ2v) is 3.80. The lowest BCUT2D eigenvalue weighted by Gasteiger charge is -2.16. The first-order chi connectivity index (χ1) is 8.16. The van der Waals surface area contributed by atoms with Gasteiger partial charge in [0.05, 0.1) is 4.47 Å². The summed E-state index contributed by atoms with van der Waals surface area (Å²) in [4.78, 5) is 10.1. The van der Waals surface area contributed by atoms with Crippen LogP contribution in [0.1, 0.15) is 12.0 Å². The van der Waals surface area contributed by atoms with E-state index in [9.17, 15) is 26.7 Å². The molecule has 0 atom stereocenters. The van der Waals surface area contributed by atoms with Gasteiger partial charge in [0.15, 0.2) is 11.6 Å². The van der Waals surface area contributed by atoms with Gasteiger partial charge in [-0.2, -0.15) is 8.78 Å². The summed E-state index contributed by atoms with van der Waals surface area (Å²) in [6.45, 7) is 0. The number of halogens is 6. The van der Waals surface area contributed by atoms with Crippen LogP contribution in [0.3, 0.4) is 0 Å². The normalized spacial score (nSPS) is 11.7. The smallest absolute Gasteiger partial charge is 0.474 e. The van der Waals surface area contributed by atoms with Crippen molar-refractivity contribution in [1.29, 1.82) is 0 Å². The third-order valence-electron chi connectivity index (χ3n) is 1.79. The number of ether oxygens (including phenoxy) is 1. The number of hydrogen-bond acceptors (Lipinski definition) is 2. The SMILES string of the molecule is O=C(O)C(F)(F)Oc1c(F)ccc(C(F)F)c1Br. The van der Waals surface area contributed by atoms with Crippen molar-refractivity contribution in [2.45, 2.75) is 12.5 Å². The Hall–Kier alpha value is -1.38. The van der Waals surface area contributed by atoms with Gasteiger partial charge in [-0.25, -0.2) is 18.0 Å². The van der Waals surface area contributed by atoms with E-state index in [1.54, 1.807) is 0 Å². The van der Waals surface area contributed by atoms with Crippen molar-refractivity contribution in [3.8, 4) is 5.75 Å². The van der Waals surface area contributed by atoms with Gasteiger partial charge in [-0.1, -0.05) is 0 Å². The molecule has 0 aliphatic rings. The first kappa shape index (κ1) is 14.7. The highest BCUT2D eigenvalue weighted by Crippen LogP contribution is 2.38. The Morgan fingerprint density at radius 2 is 1.94 bits per heavy atom. The van der Waals surface area contributed by atoms with Crippen LogP contribution in [0.4, 0.5) is 22.0 Å². The molecule has 100 valence electrons. The van der Waals surface area contributed by atoms with Crippen molar-refractivity contribution < 1.29 is 36.6 Å². The summed E-state index contributed by atoms with van der Waals surface area (Å²) >= 11 is 2.46. The Bertz CT molecular complexity index is 478. The lowest BCUT2D eigenvalue weighted by Crippen LogP contribution is -2.35. The molecular formula is C9H4BrF5O3. The highest BCUT2D eigenvalue weighted by molar-refractivity contribution is 9.10. The Morgan fingerprint density at radius 1 is 1.39 bits per heavy atom. The maximum Gasteiger partial charge on any atom is 0.502 e. The topological polar surface area (TPSA) is 46.5 Å². The van der Waals surface area contributed by atoms with Crippen LogP contribution < -0.4 is 4.74 Å². The predicted molar refractivity (Wildman–Crippen MR) is 52.3 cm³/mol. The summed E-state index contributed by atoms with van der Waals surface area (Å²) in [5.41, 5.74) is -0.799. The van der Waals surface area contributed by atoms with Crippen molar-refractivity contribution in [2.24, 2.45) is 0 Å². The number of carboxylic acids is 1. The van der Waals surface area contributed by atoms with E-state index >= 15 is 0 Å².